The highest BCUT2D eigenvalue weighted by Crippen LogP contribution is 2.22. The molecule has 0 aliphatic heterocycles. The van der Waals surface area contributed by atoms with Crippen molar-refractivity contribution in [2.24, 2.45) is 0 Å². The molecule has 0 aliphatic rings. The van der Waals surface area contributed by atoms with Crippen LogP contribution in [-0.2, 0) is 11.3 Å². The summed E-state index contributed by atoms with van der Waals surface area (Å²) in [6.45, 7) is 0.212. The average Bonchev–Trinajstić information content (AvgIpc) is 2.75. The highest BCUT2D eigenvalue weighted by molar-refractivity contribution is 7.10. The van der Waals surface area contributed by atoms with Crippen LogP contribution in [0.15, 0.2) is 30.3 Å². The summed E-state index contributed by atoms with van der Waals surface area (Å²) >= 11 is 7.02. The maximum absolute atomic E-state index is 10.9. The molecule has 1 heterocycles. The molecule has 7 heteroatoms. The van der Waals surface area contributed by atoms with Crippen molar-refractivity contribution in [1.29, 1.82) is 0 Å². The molecule has 1 N–H and O–H groups in total. The molecular weight excluding hydrogens is 274 g/mol. The van der Waals surface area contributed by atoms with Gasteiger partial charge in [-0.05, 0) is 12.1 Å². The number of nitrogens with zero attached hydrogens (tertiary/aromatic N) is 3. The van der Waals surface area contributed by atoms with E-state index in [9.17, 15) is 4.79 Å². The van der Waals surface area contributed by atoms with Gasteiger partial charge < -0.3 is 10.0 Å². The van der Waals surface area contributed by atoms with Crippen LogP contribution in [-0.4, -0.2) is 27.2 Å². The lowest BCUT2D eigenvalue weighted by Gasteiger charge is -2.21. The number of hydrogen-bond donors (Lipinski definition) is 1. The SMILES string of the molecule is O=C(O)CN(Cc1nnsc1Cl)c1ccccc1. The van der Waals surface area contributed by atoms with Gasteiger partial charge in [-0.25, -0.2) is 0 Å². The Kier molecular flexibility index (Phi) is 4.11. The number of rotatable bonds is 5. The Morgan fingerprint density at radius 1 is 1.39 bits per heavy atom. The zero-order chi connectivity index (χ0) is 13.0. The predicted octanol–water partition coefficient (Wildman–Crippen LogP) is 2.28. The van der Waals surface area contributed by atoms with Gasteiger partial charge in [-0.3, -0.25) is 4.79 Å². The second-order valence-electron chi connectivity index (χ2n) is 3.58. The second kappa shape index (κ2) is 5.79. The summed E-state index contributed by atoms with van der Waals surface area (Å²) in [5.74, 6) is -0.904. The molecule has 0 saturated carbocycles. The van der Waals surface area contributed by atoms with Gasteiger partial charge in [0.1, 0.15) is 16.6 Å². The summed E-state index contributed by atoms with van der Waals surface area (Å²) in [5, 5.41) is 12.8. The third-order valence-electron chi connectivity index (χ3n) is 2.30. The fourth-order valence-electron chi connectivity index (χ4n) is 1.51. The van der Waals surface area contributed by atoms with E-state index in [1.54, 1.807) is 4.90 Å². The first-order valence-electron chi connectivity index (χ1n) is 5.15. The highest BCUT2D eigenvalue weighted by atomic mass is 35.5. The molecule has 18 heavy (non-hydrogen) atoms. The molecule has 5 nitrogen and oxygen atoms in total. The number of aliphatic carboxylic acids is 1. The smallest absolute Gasteiger partial charge is 0.323 e. The first-order valence-corrected chi connectivity index (χ1v) is 6.30. The molecule has 2 aromatic rings. The van der Waals surface area contributed by atoms with Crippen LogP contribution in [0.3, 0.4) is 0 Å². The number of carboxylic acids is 1. The van der Waals surface area contributed by atoms with Crippen LogP contribution in [0.1, 0.15) is 5.69 Å². The summed E-state index contributed by atoms with van der Waals surface area (Å²) in [6, 6.07) is 9.27. The van der Waals surface area contributed by atoms with Gasteiger partial charge in [0.05, 0.1) is 6.54 Å². The standard InChI is InChI=1S/C11H10ClN3O2S/c12-11-9(13-14-18-11)6-15(7-10(16)17)8-4-2-1-3-5-8/h1-5H,6-7H2,(H,16,17). The van der Waals surface area contributed by atoms with E-state index in [1.807, 2.05) is 30.3 Å². The quantitative estimate of drug-likeness (QED) is 0.912. The van der Waals surface area contributed by atoms with Gasteiger partial charge in [0, 0.05) is 17.2 Å². The average molecular weight is 284 g/mol. The largest absolute Gasteiger partial charge is 0.480 e. The maximum atomic E-state index is 10.9. The zero-order valence-corrected chi connectivity index (χ0v) is 10.9. The van der Waals surface area contributed by atoms with Crippen molar-refractivity contribution < 1.29 is 9.90 Å². The first kappa shape index (κ1) is 12.8. The summed E-state index contributed by atoms with van der Waals surface area (Å²) in [6.07, 6.45) is 0. The Morgan fingerprint density at radius 2 is 2.11 bits per heavy atom. The van der Waals surface area contributed by atoms with Crippen LogP contribution in [0.2, 0.25) is 4.34 Å². The van der Waals surface area contributed by atoms with Gasteiger partial charge in [0.2, 0.25) is 0 Å². The minimum atomic E-state index is -0.904. The van der Waals surface area contributed by atoms with Gasteiger partial charge in [-0.1, -0.05) is 34.3 Å². The molecule has 94 valence electrons. The minimum absolute atomic E-state index is 0.113. The fourth-order valence-corrected chi connectivity index (χ4v) is 2.12. The Labute approximate surface area is 113 Å². The molecule has 1 aromatic heterocycles. The van der Waals surface area contributed by atoms with E-state index in [0.29, 0.717) is 16.6 Å². The number of para-hydroxylation sites is 1. The van der Waals surface area contributed by atoms with E-state index >= 15 is 0 Å². The topological polar surface area (TPSA) is 66.3 Å². The summed E-state index contributed by atoms with van der Waals surface area (Å²) in [5.41, 5.74) is 1.40. The number of anilines is 1. The summed E-state index contributed by atoms with van der Waals surface area (Å²) < 4.78 is 4.22. The lowest BCUT2D eigenvalue weighted by atomic mass is 10.2. The summed E-state index contributed by atoms with van der Waals surface area (Å²) in [4.78, 5) is 12.6. The Morgan fingerprint density at radius 3 is 2.67 bits per heavy atom. The van der Waals surface area contributed by atoms with Crippen molar-refractivity contribution >= 4 is 34.8 Å². The van der Waals surface area contributed by atoms with Crippen LogP contribution < -0.4 is 4.90 Å². The van der Waals surface area contributed by atoms with E-state index in [-0.39, 0.29) is 6.54 Å². The van der Waals surface area contributed by atoms with Gasteiger partial charge in [0.15, 0.2) is 0 Å². The van der Waals surface area contributed by atoms with E-state index in [2.05, 4.69) is 9.59 Å². The van der Waals surface area contributed by atoms with Crippen LogP contribution in [0.25, 0.3) is 0 Å². The molecule has 0 aliphatic carbocycles. The highest BCUT2D eigenvalue weighted by Gasteiger charge is 2.15. The lowest BCUT2D eigenvalue weighted by molar-refractivity contribution is -0.135. The van der Waals surface area contributed by atoms with E-state index in [1.165, 1.54) is 0 Å². The maximum Gasteiger partial charge on any atom is 0.323 e. The van der Waals surface area contributed by atoms with Crippen LogP contribution in [0, 0.1) is 0 Å². The van der Waals surface area contributed by atoms with Crippen molar-refractivity contribution in [3.8, 4) is 0 Å². The minimum Gasteiger partial charge on any atom is -0.480 e. The van der Waals surface area contributed by atoms with Gasteiger partial charge in [-0.2, -0.15) is 0 Å². The fraction of sp³-hybridized carbons (Fsp3) is 0.182. The molecule has 2 rings (SSSR count). The van der Waals surface area contributed by atoms with E-state index in [0.717, 1.165) is 17.2 Å². The molecule has 0 fully saturated rings. The number of carbonyl (C=O) groups is 1. The number of benzene rings is 1. The lowest BCUT2D eigenvalue weighted by Crippen LogP contribution is -2.29. The number of halogens is 1. The van der Waals surface area contributed by atoms with Crippen molar-refractivity contribution in [2.75, 3.05) is 11.4 Å². The molecule has 0 saturated heterocycles. The number of carboxylic acid groups (broad SMARTS) is 1. The molecule has 0 spiro atoms. The molecule has 0 unspecified atom stereocenters. The van der Waals surface area contributed by atoms with Gasteiger partial charge >= 0.3 is 5.97 Å². The molecule has 0 amide bonds. The monoisotopic (exact) mass is 283 g/mol. The van der Waals surface area contributed by atoms with Crippen molar-refractivity contribution in [3.63, 3.8) is 0 Å². The molecule has 0 bridgehead atoms. The predicted molar refractivity (Wildman–Crippen MR) is 70.0 cm³/mol. The first-order chi connectivity index (χ1) is 8.66. The van der Waals surface area contributed by atoms with Gasteiger partial charge in [-0.15, -0.1) is 5.10 Å². The van der Waals surface area contributed by atoms with Crippen LogP contribution in [0.5, 0.6) is 0 Å². The van der Waals surface area contributed by atoms with Crippen LogP contribution in [0.4, 0.5) is 5.69 Å². The number of aromatic nitrogens is 2. The third-order valence-corrected chi connectivity index (χ3v) is 3.28. The van der Waals surface area contributed by atoms with Crippen molar-refractivity contribution in [3.05, 3.63) is 40.4 Å². The Hall–Kier alpha value is -1.66. The Bertz CT molecular complexity index is 532. The normalized spacial score (nSPS) is 10.3. The van der Waals surface area contributed by atoms with E-state index < -0.39 is 5.97 Å². The van der Waals surface area contributed by atoms with Crippen molar-refractivity contribution in [1.82, 2.24) is 9.59 Å². The molecule has 0 atom stereocenters. The van der Waals surface area contributed by atoms with E-state index in [4.69, 9.17) is 16.7 Å². The van der Waals surface area contributed by atoms with Crippen molar-refractivity contribution in [2.45, 2.75) is 6.54 Å². The molecule has 1 aromatic carbocycles. The number of hydrogen-bond acceptors (Lipinski definition) is 5. The van der Waals surface area contributed by atoms with Gasteiger partial charge in [0.25, 0.3) is 0 Å². The molecule has 0 radical (unpaired) electrons. The summed E-state index contributed by atoms with van der Waals surface area (Å²) in [7, 11) is 0. The second-order valence-corrected chi connectivity index (χ2v) is 4.93. The zero-order valence-electron chi connectivity index (χ0n) is 9.28. The third kappa shape index (κ3) is 3.18. The van der Waals surface area contributed by atoms with Crippen LogP contribution >= 0.6 is 23.1 Å². The Balaban J connectivity index is 2.21. The molecular formula is C11H10ClN3O2S.